The standard InChI is InChI=1S/C14H10N2S3/c1-9-2-4-10(5-3-9)15-16-11-6-7-12-13(8-11)19-14(17)18-12/h2-8H,1H3. The van der Waals surface area contributed by atoms with Crippen molar-refractivity contribution in [1.82, 2.24) is 0 Å². The van der Waals surface area contributed by atoms with Gasteiger partial charge in [0.05, 0.1) is 11.4 Å². The van der Waals surface area contributed by atoms with Crippen molar-refractivity contribution in [2.75, 3.05) is 0 Å². The summed E-state index contributed by atoms with van der Waals surface area (Å²) in [6.45, 7) is 2.05. The van der Waals surface area contributed by atoms with Gasteiger partial charge in [-0.05, 0) is 37.3 Å². The van der Waals surface area contributed by atoms with Crippen molar-refractivity contribution in [2.24, 2.45) is 10.2 Å². The third kappa shape index (κ3) is 2.94. The number of azo groups is 1. The molecule has 3 rings (SSSR count). The Morgan fingerprint density at radius 3 is 2.26 bits per heavy atom. The van der Waals surface area contributed by atoms with E-state index in [1.54, 1.807) is 22.7 Å². The molecule has 0 saturated heterocycles. The number of aryl methyl sites for hydroxylation is 1. The van der Waals surface area contributed by atoms with E-state index in [-0.39, 0.29) is 0 Å². The van der Waals surface area contributed by atoms with Gasteiger partial charge < -0.3 is 0 Å². The molecule has 0 saturated carbocycles. The quantitative estimate of drug-likeness (QED) is 0.396. The van der Waals surface area contributed by atoms with Crippen molar-refractivity contribution >= 4 is 55.7 Å². The summed E-state index contributed by atoms with van der Waals surface area (Å²) >= 11 is 8.45. The fourth-order valence-corrected chi connectivity index (χ4v) is 4.15. The zero-order valence-corrected chi connectivity index (χ0v) is 12.6. The summed E-state index contributed by atoms with van der Waals surface area (Å²) in [6.07, 6.45) is 0. The molecule has 1 heterocycles. The third-order valence-electron chi connectivity index (χ3n) is 2.63. The van der Waals surface area contributed by atoms with Crippen molar-refractivity contribution < 1.29 is 0 Å². The molecule has 0 unspecified atom stereocenters. The number of fused-ring (bicyclic) bond motifs is 1. The van der Waals surface area contributed by atoms with Crippen molar-refractivity contribution in [3.8, 4) is 0 Å². The molecule has 0 amide bonds. The van der Waals surface area contributed by atoms with Crippen LogP contribution in [0.1, 0.15) is 5.56 Å². The van der Waals surface area contributed by atoms with Gasteiger partial charge in [0.15, 0.2) is 0 Å². The first kappa shape index (κ1) is 12.6. The summed E-state index contributed by atoms with van der Waals surface area (Å²) in [5.74, 6) is 0. The van der Waals surface area contributed by atoms with Gasteiger partial charge in [0.2, 0.25) is 0 Å². The fourth-order valence-electron chi connectivity index (χ4n) is 1.65. The number of hydrogen-bond donors (Lipinski definition) is 0. The van der Waals surface area contributed by atoms with E-state index in [4.69, 9.17) is 12.2 Å². The van der Waals surface area contributed by atoms with Gasteiger partial charge in [0.1, 0.15) is 3.14 Å². The Kier molecular flexibility index (Phi) is 3.50. The Labute approximate surface area is 124 Å². The summed E-state index contributed by atoms with van der Waals surface area (Å²) in [4.78, 5) is 0. The van der Waals surface area contributed by atoms with Gasteiger partial charge in [-0.3, -0.25) is 0 Å². The molecule has 0 bridgehead atoms. The maximum atomic E-state index is 5.19. The van der Waals surface area contributed by atoms with Gasteiger partial charge in [0.25, 0.3) is 0 Å². The zero-order chi connectivity index (χ0) is 13.2. The fraction of sp³-hybridized carbons (Fsp3) is 0.0714. The van der Waals surface area contributed by atoms with Gasteiger partial charge in [-0.25, -0.2) is 0 Å². The number of hydrogen-bond acceptors (Lipinski definition) is 5. The second kappa shape index (κ2) is 5.28. The van der Waals surface area contributed by atoms with Crippen LogP contribution in [-0.2, 0) is 0 Å². The molecule has 3 aromatic rings. The predicted octanol–water partition coefficient (Wildman–Crippen LogP) is 6.42. The van der Waals surface area contributed by atoms with Crippen molar-refractivity contribution in [2.45, 2.75) is 6.92 Å². The lowest BCUT2D eigenvalue weighted by Crippen LogP contribution is -1.68. The van der Waals surface area contributed by atoms with E-state index in [2.05, 4.69) is 23.2 Å². The minimum atomic E-state index is 0.858. The van der Waals surface area contributed by atoms with Crippen LogP contribution in [0.4, 0.5) is 11.4 Å². The first-order valence-electron chi connectivity index (χ1n) is 5.73. The van der Waals surface area contributed by atoms with Crippen molar-refractivity contribution in [3.05, 3.63) is 51.2 Å². The molecular weight excluding hydrogens is 292 g/mol. The van der Waals surface area contributed by atoms with Crippen molar-refractivity contribution in [3.63, 3.8) is 0 Å². The largest absolute Gasteiger partial charge is 0.151 e. The number of rotatable bonds is 2. The van der Waals surface area contributed by atoms with Gasteiger partial charge in [0, 0.05) is 9.40 Å². The maximum Gasteiger partial charge on any atom is 0.144 e. The lowest BCUT2D eigenvalue weighted by molar-refractivity contribution is 1.23. The summed E-state index contributed by atoms with van der Waals surface area (Å²) in [5.41, 5.74) is 2.94. The normalized spacial score (nSPS) is 11.4. The molecule has 0 radical (unpaired) electrons. The van der Waals surface area contributed by atoms with Crippen LogP contribution in [-0.4, -0.2) is 0 Å². The Morgan fingerprint density at radius 1 is 0.842 bits per heavy atom. The van der Waals surface area contributed by atoms with E-state index in [1.807, 2.05) is 36.4 Å². The highest BCUT2D eigenvalue weighted by molar-refractivity contribution is 7.77. The molecule has 0 aliphatic heterocycles. The van der Waals surface area contributed by atoms with E-state index in [9.17, 15) is 0 Å². The topological polar surface area (TPSA) is 24.7 Å². The first-order chi connectivity index (χ1) is 9.20. The minimum absolute atomic E-state index is 0.858. The summed E-state index contributed by atoms with van der Waals surface area (Å²) < 4.78 is 3.34. The average molecular weight is 302 g/mol. The zero-order valence-electron chi connectivity index (χ0n) is 10.2. The summed E-state index contributed by atoms with van der Waals surface area (Å²) in [5, 5.41) is 8.51. The van der Waals surface area contributed by atoms with Crippen LogP contribution in [0.25, 0.3) is 9.40 Å². The van der Waals surface area contributed by atoms with Crippen LogP contribution >= 0.6 is 34.9 Å². The van der Waals surface area contributed by atoms with Gasteiger partial charge in [-0.15, -0.1) is 22.7 Å². The van der Waals surface area contributed by atoms with Gasteiger partial charge in [-0.1, -0.05) is 29.9 Å². The molecule has 19 heavy (non-hydrogen) atoms. The minimum Gasteiger partial charge on any atom is -0.151 e. The molecular formula is C14H10N2S3. The van der Waals surface area contributed by atoms with E-state index in [0.29, 0.717) is 0 Å². The highest BCUT2D eigenvalue weighted by Crippen LogP contribution is 2.31. The third-order valence-corrected chi connectivity index (χ3v) is 5.22. The summed E-state index contributed by atoms with van der Waals surface area (Å²) in [6, 6.07) is 14.0. The maximum absolute atomic E-state index is 5.19. The highest BCUT2D eigenvalue weighted by Gasteiger charge is 1.99. The molecule has 0 aliphatic rings. The Hall–Kier alpha value is -1.43. The van der Waals surface area contributed by atoms with Crippen molar-refractivity contribution in [1.29, 1.82) is 0 Å². The molecule has 0 atom stereocenters. The van der Waals surface area contributed by atoms with E-state index in [1.165, 1.54) is 15.0 Å². The van der Waals surface area contributed by atoms with Gasteiger partial charge in [-0.2, -0.15) is 10.2 Å². The SMILES string of the molecule is Cc1ccc(N=Nc2ccc3sc(=S)sc3c2)cc1. The molecule has 94 valence electrons. The second-order valence-corrected chi connectivity index (χ2v) is 7.41. The van der Waals surface area contributed by atoms with Crippen LogP contribution in [0, 0.1) is 10.1 Å². The average Bonchev–Trinajstić information content (AvgIpc) is 2.77. The smallest absolute Gasteiger partial charge is 0.144 e. The van der Waals surface area contributed by atoms with Crippen LogP contribution in [0.2, 0.25) is 0 Å². The second-order valence-electron chi connectivity index (χ2n) is 4.12. The van der Waals surface area contributed by atoms with Crippen LogP contribution in [0.3, 0.4) is 0 Å². The van der Waals surface area contributed by atoms with Gasteiger partial charge >= 0.3 is 0 Å². The van der Waals surface area contributed by atoms with Crippen LogP contribution < -0.4 is 0 Å². The Bertz CT molecular complexity index is 797. The van der Waals surface area contributed by atoms with Crippen LogP contribution in [0.15, 0.2) is 52.7 Å². The summed E-state index contributed by atoms with van der Waals surface area (Å²) in [7, 11) is 0. The Morgan fingerprint density at radius 2 is 1.47 bits per heavy atom. The number of nitrogens with zero attached hydrogens (tertiary/aromatic N) is 2. The predicted molar refractivity (Wildman–Crippen MR) is 85.9 cm³/mol. The van der Waals surface area contributed by atoms with E-state index < -0.39 is 0 Å². The highest BCUT2D eigenvalue weighted by atomic mass is 32.2. The molecule has 1 aromatic heterocycles. The molecule has 2 nitrogen and oxygen atoms in total. The van der Waals surface area contributed by atoms with E-state index >= 15 is 0 Å². The molecule has 0 spiro atoms. The van der Waals surface area contributed by atoms with E-state index in [0.717, 1.165) is 14.5 Å². The molecule has 0 aliphatic carbocycles. The molecule has 0 N–H and O–H groups in total. The van der Waals surface area contributed by atoms with Crippen LogP contribution in [0.5, 0.6) is 0 Å². The lowest BCUT2D eigenvalue weighted by Gasteiger charge is -1.94. The Balaban J connectivity index is 1.91. The molecule has 0 fully saturated rings. The lowest BCUT2D eigenvalue weighted by atomic mass is 10.2. The molecule has 2 aromatic carbocycles. The molecule has 5 heteroatoms. The number of benzene rings is 2. The monoisotopic (exact) mass is 302 g/mol. The first-order valence-corrected chi connectivity index (χ1v) is 7.77.